The minimum atomic E-state index is -0.343. The predicted octanol–water partition coefficient (Wildman–Crippen LogP) is 3.86. The molecule has 2 N–H and O–H groups in total. The van der Waals surface area contributed by atoms with Crippen LogP contribution < -0.4 is 10.6 Å². The van der Waals surface area contributed by atoms with Gasteiger partial charge in [-0.05, 0) is 68.7 Å². The van der Waals surface area contributed by atoms with Gasteiger partial charge in [0.05, 0.1) is 5.57 Å². The first-order valence-corrected chi connectivity index (χ1v) is 9.53. The van der Waals surface area contributed by atoms with Crippen molar-refractivity contribution in [3.8, 4) is 0 Å². The molecule has 6 nitrogen and oxygen atoms in total. The van der Waals surface area contributed by atoms with E-state index in [1.165, 1.54) is 11.8 Å². The van der Waals surface area contributed by atoms with Crippen LogP contribution in [0, 0.1) is 13.8 Å². The van der Waals surface area contributed by atoms with E-state index in [0.29, 0.717) is 16.8 Å². The van der Waals surface area contributed by atoms with Gasteiger partial charge in [-0.3, -0.25) is 19.3 Å². The van der Waals surface area contributed by atoms with Gasteiger partial charge in [0, 0.05) is 24.3 Å². The van der Waals surface area contributed by atoms with Crippen molar-refractivity contribution in [2.24, 2.45) is 0 Å². The Labute approximate surface area is 170 Å². The molecule has 0 saturated heterocycles. The summed E-state index contributed by atoms with van der Waals surface area (Å²) >= 11 is 0. The highest BCUT2D eigenvalue weighted by atomic mass is 16.2. The summed E-state index contributed by atoms with van der Waals surface area (Å²) in [5, 5.41) is 5.87. The molecule has 0 spiro atoms. The van der Waals surface area contributed by atoms with Crippen LogP contribution in [-0.2, 0) is 14.4 Å². The van der Waals surface area contributed by atoms with E-state index < -0.39 is 0 Å². The Morgan fingerprint density at radius 3 is 2.07 bits per heavy atom. The third-order valence-electron chi connectivity index (χ3n) is 4.90. The standard InChI is InChI=1S/C23H25N3O3/c1-13(2)26-22(28)20(17-7-10-18(11-8-17)24-16(5)27)21(23(26)29)25-19-9-6-14(3)15(4)12-19/h6-13,25H,1-5H3,(H,24,27). The zero-order valence-corrected chi connectivity index (χ0v) is 17.3. The predicted molar refractivity (Wildman–Crippen MR) is 114 cm³/mol. The molecule has 1 heterocycles. The van der Waals surface area contributed by atoms with E-state index in [2.05, 4.69) is 10.6 Å². The molecule has 0 fully saturated rings. The zero-order chi connectivity index (χ0) is 21.3. The SMILES string of the molecule is CC(=O)Nc1ccc(C2=C(Nc3ccc(C)c(C)c3)C(=O)N(C(C)C)C2=O)cc1. The molecule has 0 radical (unpaired) electrons. The minimum absolute atomic E-state index is 0.174. The first-order chi connectivity index (χ1) is 13.7. The molecule has 29 heavy (non-hydrogen) atoms. The van der Waals surface area contributed by atoms with Crippen molar-refractivity contribution in [2.45, 2.75) is 40.7 Å². The summed E-state index contributed by atoms with van der Waals surface area (Å²) in [6.45, 7) is 9.07. The maximum Gasteiger partial charge on any atom is 0.278 e. The molecule has 0 atom stereocenters. The van der Waals surface area contributed by atoms with Gasteiger partial charge in [-0.2, -0.15) is 0 Å². The van der Waals surface area contributed by atoms with Gasteiger partial charge < -0.3 is 10.6 Å². The molecule has 1 aliphatic rings. The number of carbonyl (C=O) groups excluding carboxylic acids is 3. The van der Waals surface area contributed by atoms with Crippen molar-refractivity contribution in [1.29, 1.82) is 0 Å². The maximum atomic E-state index is 13.1. The van der Waals surface area contributed by atoms with Crippen LogP contribution >= 0.6 is 0 Å². The fourth-order valence-electron chi connectivity index (χ4n) is 3.29. The average molecular weight is 391 g/mol. The van der Waals surface area contributed by atoms with Gasteiger partial charge in [0.2, 0.25) is 5.91 Å². The first kappa shape index (κ1) is 20.3. The first-order valence-electron chi connectivity index (χ1n) is 9.53. The molecule has 2 aromatic rings. The molecule has 0 aliphatic carbocycles. The van der Waals surface area contributed by atoms with Crippen molar-refractivity contribution in [3.63, 3.8) is 0 Å². The highest BCUT2D eigenvalue weighted by Gasteiger charge is 2.40. The monoisotopic (exact) mass is 391 g/mol. The summed E-state index contributed by atoms with van der Waals surface area (Å²) in [4.78, 5) is 38.6. The van der Waals surface area contributed by atoms with Crippen molar-refractivity contribution >= 4 is 34.7 Å². The highest BCUT2D eigenvalue weighted by molar-refractivity contribution is 6.36. The van der Waals surface area contributed by atoms with Crippen LogP contribution in [0.4, 0.5) is 11.4 Å². The number of amides is 3. The number of carbonyl (C=O) groups is 3. The molecule has 6 heteroatoms. The van der Waals surface area contributed by atoms with E-state index >= 15 is 0 Å². The quantitative estimate of drug-likeness (QED) is 0.759. The van der Waals surface area contributed by atoms with E-state index in [4.69, 9.17) is 0 Å². The lowest BCUT2D eigenvalue weighted by molar-refractivity contribution is -0.138. The number of anilines is 2. The van der Waals surface area contributed by atoms with Crippen LogP contribution in [0.2, 0.25) is 0 Å². The van der Waals surface area contributed by atoms with Gasteiger partial charge >= 0.3 is 0 Å². The Bertz CT molecular complexity index is 1020. The van der Waals surface area contributed by atoms with Crippen molar-refractivity contribution in [1.82, 2.24) is 4.90 Å². The van der Waals surface area contributed by atoms with Crippen LogP contribution in [0.3, 0.4) is 0 Å². The molecule has 0 saturated carbocycles. The number of imide groups is 1. The molecule has 2 aromatic carbocycles. The minimum Gasteiger partial charge on any atom is -0.350 e. The van der Waals surface area contributed by atoms with Crippen LogP contribution in [0.1, 0.15) is 37.5 Å². The van der Waals surface area contributed by atoms with Gasteiger partial charge in [-0.25, -0.2) is 0 Å². The summed E-state index contributed by atoms with van der Waals surface area (Å²) in [7, 11) is 0. The third-order valence-corrected chi connectivity index (χ3v) is 4.90. The van der Waals surface area contributed by atoms with E-state index in [1.807, 2.05) is 45.9 Å². The Morgan fingerprint density at radius 2 is 1.52 bits per heavy atom. The summed E-state index contributed by atoms with van der Waals surface area (Å²) in [5.41, 5.74) is 4.83. The number of rotatable bonds is 5. The Balaban J connectivity index is 2.05. The van der Waals surface area contributed by atoms with Crippen LogP contribution in [0.5, 0.6) is 0 Å². The largest absolute Gasteiger partial charge is 0.350 e. The molecular formula is C23H25N3O3. The van der Waals surface area contributed by atoms with Crippen LogP contribution in [0.15, 0.2) is 48.2 Å². The second kappa shape index (κ2) is 7.91. The second-order valence-electron chi connectivity index (χ2n) is 7.51. The number of benzene rings is 2. The Hall–Kier alpha value is -3.41. The number of nitrogens with zero attached hydrogens (tertiary/aromatic N) is 1. The summed E-state index contributed by atoms with van der Waals surface area (Å²) in [6, 6.07) is 12.5. The second-order valence-corrected chi connectivity index (χ2v) is 7.51. The van der Waals surface area contributed by atoms with Gasteiger partial charge in [-0.15, -0.1) is 0 Å². The third kappa shape index (κ3) is 4.06. The van der Waals surface area contributed by atoms with Crippen LogP contribution in [0.25, 0.3) is 5.57 Å². The lowest BCUT2D eigenvalue weighted by Crippen LogP contribution is -2.38. The van der Waals surface area contributed by atoms with Gasteiger partial charge in [0.1, 0.15) is 5.70 Å². The molecule has 3 rings (SSSR count). The molecular weight excluding hydrogens is 366 g/mol. The van der Waals surface area contributed by atoms with Crippen molar-refractivity contribution < 1.29 is 14.4 Å². The normalized spacial score (nSPS) is 14.1. The van der Waals surface area contributed by atoms with Crippen molar-refractivity contribution in [2.75, 3.05) is 10.6 Å². The molecule has 0 bridgehead atoms. The highest BCUT2D eigenvalue weighted by Crippen LogP contribution is 2.32. The lowest BCUT2D eigenvalue weighted by atomic mass is 10.0. The summed E-state index contributed by atoms with van der Waals surface area (Å²) < 4.78 is 0. The molecule has 3 amide bonds. The number of hydrogen-bond donors (Lipinski definition) is 2. The molecule has 0 aromatic heterocycles. The molecule has 150 valence electrons. The number of nitrogens with one attached hydrogen (secondary N) is 2. The Kier molecular flexibility index (Phi) is 5.55. The smallest absolute Gasteiger partial charge is 0.278 e. The number of hydrogen-bond acceptors (Lipinski definition) is 4. The van der Waals surface area contributed by atoms with Crippen LogP contribution in [-0.4, -0.2) is 28.7 Å². The van der Waals surface area contributed by atoms with E-state index in [0.717, 1.165) is 16.8 Å². The van der Waals surface area contributed by atoms with E-state index in [1.54, 1.807) is 24.3 Å². The van der Waals surface area contributed by atoms with Gasteiger partial charge in [-0.1, -0.05) is 18.2 Å². The maximum absolute atomic E-state index is 13.1. The van der Waals surface area contributed by atoms with Gasteiger partial charge in [0.25, 0.3) is 11.8 Å². The molecule has 0 unspecified atom stereocenters. The average Bonchev–Trinajstić information content (AvgIpc) is 2.88. The van der Waals surface area contributed by atoms with E-state index in [-0.39, 0.29) is 29.5 Å². The van der Waals surface area contributed by atoms with Gasteiger partial charge in [0.15, 0.2) is 0 Å². The number of aryl methyl sites for hydroxylation is 2. The lowest BCUT2D eigenvalue weighted by Gasteiger charge is -2.19. The fourth-order valence-corrected chi connectivity index (χ4v) is 3.29. The molecule has 1 aliphatic heterocycles. The fraction of sp³-hybridized carbons (Fsp3) is 0.261. The summed E-state index contributed by atoms with van der Waals surface area (Å²) in [6.07, 6.45) is 0. The van der Waals surface area contributed by atoms with Crippen molar-refractivity contribution in [3.05, 3.63) is 64.9 Å². The zero-order valence-electron chi connectivity index (χ0n) is 17.3. The van der Waals surface area contributed by atoms with E-state index in [9.17, 15) is 14.4 Å². The topological polar surface area (TPSA) is 78.5 Å². The summed E-state index contributed by atoms with van der Waals surface area (Å²) in [5.74, 6) is -0.847. The Morgan fingerprint density at radius 1 is 0.897 bits per heavy atom.